The molecule has 226 valence electrons. The quantitative estimate of drug-likeness (QED) is 0.200. The van der Waals surface area contributed by atoms with Gasteiger partial charge in [-0.3, -0.25) is 19.2 Å². The fraction of sp³-hybridized carbons (Fsp3) is 0.486. The smallest absolute Gasteiger partial charge is 0.255 e. The molecule has 2 rings (SSSR count). The summed E-state index contributed by atoms with van der Waals surface area (Å²) in [7, 11) is 1.84. The molecule has 0 heterocycles. The Morgan fingerprint density at radius 1 is 0.902 bits per heavy atom. The maximum atomic E-state index is 12.6. The van der Waals surface area contributed by atoms with Gasteiger partial charge < -0.3 is 10.6 Å². The molecule has 41 heavy (non-hydrogen) atoms. The van der Waals surface area contributed by atoms with E-state index >= 15 is 0 Å². The molecule has 0 bridgehead atoms. The number of anilines is 2. The molecule has 0 aliphatic carbocycles. The number of ketones is 3. The third-order valence-corrected chi connectivity index (χ3v) is 6.78. The van der Waals surface area contributed by atoms with Gasteiger partial charge in [0.2, 0.25) is 0 Å². The van der Waals surface area contributed by atoms with Gasteiger partial charge in [-0.25, -0.2) is 0 Å². The van der Waals surface area contributed by atoms with Crippen molar-refractivity contribution in [3.05, 3.63) is 58.7 Å². The molecule has 2 aromatic carbocycles. The van der Waals surface area contributed by atoms with Crippen molar-refractivity contribution >= 4 is 34.6 Å². The Morgan fingerprint density at radius 3 is 2.00 bits per heavy atom. The van der Waals surface area contributed by atoms with Crippen LogP contribution in [0.4, 0.5) is 11.4 Å². The average molecular weight is 565 g/mol. The van der Waals surface area contributed by atoms with E-state index in [4.69, 9.17) is 0 Å². The molecule has 2 atom stereocenters. The highest BCUT2D eigenvalue weighted by molar-refractivity contribution is 6.05. The van der Waals surface area contributed by atoms with E-state index in [1.165, 1.54) is 0 Å². The molecule has 2 N–H and O–H groups in total. The zero-order valence-corrected chi connectivity index (χ0v) is 26.9. The third kappa shape index (κ3) is 14.0. The SMILES string of the molecule is C#C.CC.CCC(=O)CCC(C)C(C)=O.CCc1cc(NC(=O)c2ccc(C)c(NC)c2)ccc1C(=O)C(C)CC. The van der Waals surface area contributed by atoms with Gasteiger partial charge in [-0.2, -0.15) is 0 Å². The van der Waals surface area contributed by atoms with Crippen LogP contribution in [-0.2, 0) is 16.0 Å². The van der Waals surface area contributed by atoms with Crippen molar-refractivity contribution in [2.45, 2.75) is 94.4 Å². The van der Waals surface area contributed by atoms with Crippen LogP contribution in [0.5, 0.6) is 0 Å². The van der Waals surface area contributed by atoms with E-state index < -0.39 is 0 Å². The second-order valence-corrected chi connectivity index (χ2v) is 9.58. The lowest BCUT2D eigenvalue weighted by atomic mass is 9.92. The molecule has 0 aliphatic rings. The molecule has 2 unspecified atom stereocenters. The average Bonchev–Trinajstić information content (AvgIpc) is 3.01. The summed E-state index contributed by atoms with van der Waals surface area (Å²) in [5.74, 6) is 0.481. The normalized spacial score (nSPS) is 11.0. The summed E-state index contributed by atoms with van der Waals surface area (Å²) in [6.45, 7) is 17.3. The first-order valence-corrected chi connectivity index (χ1v) is 14.6. The summed E-state index contributed by atoms with van der Waals surface area (Å²) in [6, 6.07) is 11.1. The predicted molar refractivity (Wildman–Crippen MR) is 174 cm³/mol. The Kier molecular flexibility index (Phi) is 21.2. The number of terminal acetylenes is 1. The molecule has 0 fully saturated rings. The second kappa shape index (κ2) is 22.0. The van der Waals surface area contributed by atoms with Crippen LogP contribution >= 0.6 is 0 Å². The Hall–Kier alpha value is -3.72. The van der Waals surface area contributed by atoms with E-state index in [1.54, 1.807) is 13.0 Å². The van der Waals surface area contributed by atoms with E-state index in [1.807, 2.05) is 92.8 Å². The fourth-order valence-electron chi connectivity index (χ4n) is 3.65. The number of amides is 1. The lowest BCUT2D eigenvalue weighted by Crippen LogP contribution is -2.15. The molecule has 6 heteroatoms. The highest BCUT2D eigenvalue weighted by Gasteiger charge is 2.17. The number of carbonyl (C=O) groups is 4. The Morgan fingerprint density at radius 2 is 1.51 bits per heavy atom. The number of benzene rings is 2. The minimum absolute atomic E-state index is 0.00765. The summed E-state index contributed by atoms with van der Waals surface area (Å²) in [4.78, 5) is 46.6. The molecule has 0 aromatic heterocycles. The van der Waals surface area contributed by atoms with Crippen LogP contribution in [0.3, 0.4) is 0 Å². The van der Waals surface area contributed by atoms with Crippen molar-refractivity contribution in [3.8, 4) is 12.8 Å². The first-order valence-electron chi connectivity index (χ1n) is 14.6. The van der Waals surface area contributed by atoms with E-state index in [-0.39, 0.29) is 35.1 Å². The standard InChI is InChI=1S/C22H28N2O2.C9H16O2.C2H6.C2H2/c1-6-14(3)21(25)19-11-10-18(12-16(19)7-2)24-22(26)17-9-8-15(4)20(13-17)23-5;1-4-9(11)6-5-7(2)8(3)10;2*1-2/h8-14,23H,6-7H2,1-5H3,(H,24,26);7H,4-6H2,1-3H3;1-2H3;1-2H. The Labute approximate surface area is 249 Å². The van der Waals surface area contributed by atoms with Crippen LogP contribution in [-0.4, -0.2) is 30.3 Å². The summed E-state index contributed by atoms with van der Waals surface area (Å²) >= 11 is 0. The monoisotopic (exact) mass is 564 g/mol. The van der Waals surface area contributed by atoms with Crippen LogP contribution in [0, 0.1) is 31.6 Å². The van der Waals surface area contributed by atoms with Crippen molar-refractivity contribution in [3.63, 3.8) is 0 Å². The van der Waals surface area contributed by atoms with Gasteiger partial charge in [0, 0.05) is 54.2 Å². The van der Waals surface area contributed by atoms with Crippen LogP contribution in [0.2, 0.25) is 0 Å². The number of hydrogen-bond donors (Lipinski definition) is 2. The summed E-state index contributed by atoms with van der Waals surface area (Å²) in [6.07, 6.45) is 11.4. The molecule has 6 nitrogen and oxygen atoms in total. The maximum Gasteiger partial charge on any atom is 0.255 e. The van der Waals surface area contributed by atoms with Gasteiger partial charge in [-0.05, 0) is 74.6 Å². The van der Waals surface area contributed by atoms with Crippen LogP contribution in [0.15, 0.2) is 36.4 Å². The molecular formula is C35H52N2O4. The summed E-state index contributed by atoms with van der Waals surface area (Å²) in [5, 5.41) is 6.03. The van der Waals surface area contributed by atoms with Crippen LogP contribution in [0.25, 0.3) is 0 Å². The number of rotatable bonds is 12. The van der Waals surface area contributed by atoms with Gasteiger partial charge >= 0.3 is 0 Å². The van der Waals surface area contributed by atoms with Crippen LogP contribution < -0.4 is 10.6 Å². The molecule has 0 radical (unpaired) electrons. The van der Waals surface area contributed by atoms with Gasteiger partial charge in [0.25, 0.3) is 5.91 Å². The molecule has 0 spiro atoms. The van der Waals surface area contributed by atoms with Gasteiger partial charge in [0.15, 0.2) is 5.78 Å². The largest absolute Gasteiger partial charge is 0.388 e. The number of nitrogens with one attached hydrogen (secondary N) is 2. The van der Waals surface area contributed by atoms with Crippen molar-refractivity contribution in [2.24, 2.45) is 11.8 Å². The Bertz CT molecular complexity index is 1130. The van der Waals surface area contributed by atoms with Gasteiger partial charge in [-0.15, -0.1) is 12.8 Å². The number of hydrogen-bond acceptors (Lipinski definition) is 5. The zero-order chi connectivity index (χ0) is 32.1. The Balaban J connectivity index is 0. The zero-order valence-electron chi connectivity index (χ0n) is 26.9. The van der Waals surface area contributed by atoms with Gasteiger partial charge in [0.05, 0.1) is 0 Å². The fourth-order valence-corrected chi connectivity index (χ4v) is 3.65. The maximum absolute atomic E-state index is 12.6. The number of Topliss-reactive ketones (excluding diaryl/α,β-unsaturated/α-hetero) is 3. The second-order valence-electron chi connectivity index (χ2n) is 9.58. The lowest BCUT2D eigenvalue weighted by Gasteiger charge is -2.14. The predicted octanol–water partition coefficient (Wildman–Crippen LogP) is 8.33. The van der Waals surface area contributed by atoms with Gasteiger partial charge in [-0.1, -0.05) is 54.5 Å². The van der Waals surface area contributed by atoms with Crippen molar-refractivity contribution in [2.75, 3.05) is 17.7 Å². The van der Waals surface area contributed by atoms with E-state index in [2.05, 4.69) is 23.5 Å². The molecule has 0 aliphatic heterocycles. The van der Waals surface area contributed by atoms with Crippen molar-refractivity contribution in [1.29, 1.82) is 0 Å². The first-order chi connectivity index (χ1) is 19.5. The van der Waals surface area contributed by atoms with Crippen molar-refractivity contribution < 1.29 is 19.2 Å². The minimum atomic E-state index is -0.162. The lowest BCUT2D eigenvalue weighted by molar-refractivity contribution is -0.121. The third-order valence-electron chi connectivity index (χ3n) is 6.78. The molecular weight excluding hydrogens is 512 g/mol. The minimum Gasteiger partial charge on any atom is -0.388 e. The molecule has 0 saturated carbocycles. The summed E-state index contributed by atoms with van der Waals surface area (Å²) in [5.41, 5.74) is 5.05. The van der Waals surface area contributed by atoms with E-state index in [0.717, 1.165) is 35.2 Å². The van der Waals surface area contributed by atoms with Crippen LogP contribution in [0.1, 0.15) is 113 Å². The molecule has 1 amide bonds. The topological polar surface area (TPSA) is 92.3 Å². The highest BCUT2D eigenvalue weighted by atomic mass is 16.2. The van der Waals surface area contributed by atoms with E-state index in [0.29, 0.717) is 30.5 Å². The highest BCUT2D eigenvalue weighted by Crippen LogP contribution is 2.22. The summed E-state index contributed by atoms with van der Waals surface area (Å²) < 4.78 is 0. The first kappa shape index (κ1) is 39.4. The van der Waals surface area contributed by atoms with Crippen molar-refractivity contribution in [1.82, 2.24) is 0 Å². The molecule has 2 aromatic rings. The van der Waals surface area contributed by atoms with Gasteiger partial charge in [0.1, 0.15) is 11.6 Å². The molecule has 0 saturated heterocycles. The number of carbonyl (C=O) groups excluding carboxylic acids is 4. The van der Waals surface area contributed by atoms with E-state index in [9.17, 15) is 19.2 Å². The number of aryl methyl sites for hydroxylation is 2.